The second-order valence-corrected chi connectivity index (χ2v) is 2.80. The van der Waals surface area contributed by atoms with Gasteiger partial charge in [-0.2, -0.15) is 0 Å². The molecule has 3 nitrogen and oxygen atoms in total. The van der Waals surface area contributed by atoms with Crippen LogP contribution in [0.5, 0.6) is 0 Å². The average molecular weight is 219 g/mol. The van der Waals surface area contributed by atoms with E-state index in [9.17, 15) is 18.0 Å². The van der Waals surface area contributed by atoms with Crippen molar-refractivity contribution in [3.63, 3.8) is 0 Å². The number of nitrogens with two attached hydrogens (primary N) is 1. The molecular weight excluding hydrogens is 211 g/mol. The number of ether oxygens (including phenoxy) is 1. The van der Waals surface area contributed by atoms with E-state index < -0.39 is 29.5 Å². The molecule has 1 rings (SSSR count). The van der Waals surface area contributed by atoms with Crippen molar-refractivity contribution in [1.29, 1.82) is 0 Å². The van der Waals surface area contributed by atoms with Crippen molar-refractivity contribution in [2.75, 3.05) is 7.11 Å². The summed E-state index contributed by atoms with van der Waals surface area (Å²) in [6.07, 6.45) is 0. The van der Waals surface area contributed by atoms with E-state index in [1.807, 2.05) is 0 Å². The number of benzene rings is 1. The largest absolute Gasteiger partial charge is 0.468 e. The lowest BCUT2D eigenvalue weighted by molar-refractivity contribution is -0.142. The van der Waals surface area contributed by atoms with E-state index in [-0.39, 0.29) is 5.56 Å². The van der Waals surface area contributed by atoms with Crippen LogP contribution in [0.4, 0.5) is 13.2 Å². The van der Waals surface area contributed by atoms with E-state index >= 15 is 0 Å². The molecule has 0 radical (unpaired) electrons. The Balaban J connectivity index is 3.11. The summed E-state index contributed by atoms with van der Waals surface area (Å²) >= 11 is 0. The molecule has 15 heavy (non-hydrogen) atoms. The smallest absolute Gasteiger partial charge is 0.327 e. The predicted octanol–water partition coefficient (Wildman–Crippen LogP) is 1.28. The van der Waals surface area contributed by atoms with Crippen molar-refractivity contribution in [3.05, 3.63) is 35.1 Å². The second-order valence-electron chi connectivity index (χ2n) is 2.80. The lowest BCUT2D eigenvalue weighted by Gasteiger charge is -2.09. The molecule has 0 aliphatic carbocycles. The quantitative estimate of drug-likeness (QED) is 0.602. The van der Waals surface area contributed by atoms with Crippen LogP contribution in [0.3, 0.4) is 0 Å². The van der Waals surface area contributed by atoms with E-state index in [1.54, 1.807) is 0 Å². The van der Waals surface area contributed by atoms with Crippen LogP contribution in [-0.2, 0) is 9.53 Å². The highest BCUT2D eigenvalue weighted by atomic mass is 19.2. The van der Waals surface area contributed by atoms with Gasteiger partial charge >= 0.3 is 5.97 Å². The average Bonchev–Trinajstić information content (AvgIpc) is 2.23. The maximum atomic E-state index is 12.7. The van der Waals surface area contributed by atoms with E-state index in [4.69, 9.17) is 5.73 Å². The van der Waals surface area contributed by atoms with Crippen molar-refractivity contribution in [2.24, 2.45) is 5.73 Å². The van der Waals surface area contributed by atoms with Gasteiger partial charge in [-0.3, -0.25) is 4.79 Å². The van der Waals surface area contributed by atoms with Gasteiger partial charge in [0.15, 0.2) is 17.5 Å². The lowest BCUT2D eigenvalue weighted by atomic mass is 10.1. The van der Waals surface area contributed by atoms with Gasteiger partial charge in [0, 0.05) is 0 Å². The molecule has 1 atom stereocenters. The molecule has 0 unspecified atom stereocenters. The van der Waals surface area contributed by atoms with Crippen molar-refractivity contribution in [1.82, 2.24) is 0 Å². The zero-order valence-corrected chi connectivity index (χ0v) is 7.76. The second kappa shape index (κ2) is 4.31. The lowest BCUT2D eigenvalue weighted by Crippen LogP contribution is -2.23. The maximum Gasteiger partial charge on any atom is 0.327 e. The number of hydrogen-bond donors (Lipinski definition) is 1. The molecule has 0 aromatic heterocycles. The SMILES string of the molecule is COC(=O)[C@@H](N)c1cc(F)c(F)c(F)c1. The summed E-state index contributed by atoms with van der Waals surface area (Å²) in [5.74, 6) is -5.26. The number of methoxy groups -OCH3 is 1. The first-order valence-electron chi connectivity index (χ1n) is 3.95. The first kappa shape index (κ1) is 11.5. The van der Waals surface area contributed by atoms with Crippen LogP contribution >= 0.6 is 0 Å². The Labute approximate surface area is 83.6 Å². The summed E-state index contributed by atoms with van der Waals surface area (Å²) in [7, 11) is 1.08. The summed E-state index contributed by atoms with van der Waals surface area (Å²) in [6, 6.07) is -0.0281. The number of carbonyl (C=O) groups is 1. The minimum atomic E-state index is -1.60. The molecule has 6 heteroatoms. The van der Waals surface area contributed by atoms with E-state index in [1.165, 1.54) is 0 Å². The Morgan fingerprint density at radius 3 is 2.20 bits per heavy atom. The standard InChI is InChI=1S/C9H8F3NO2/c1-15-9(14)8(13)4-2-5(10)7(12)6(11)3-4/h2-3,8H,13H2,1H3/t8-/m0/s1. The normalized spacial score (nSPS) is 12.3. The fourth-order valence-electron chi connectivity index (χ4n) is 1.02. The molecule has 0 saturated carbocycles. The highest BCUT2D eigenvalue weighted by Gasteiger charge is 2.20. The van der Waals surface area contributed by atoms with Gasteiger partial charge < -0.3 is 10.5 Å². The number of carbonyl (C=O) groups excluding carboxylic acids is 1. The van der Waals surface area contributed by atoms with Crippen LogP contribution in [-0.4, -0.2) is 13.1 Å². The highest BCUT2D eigenvalue weighted by Crippen LogP contribution is 2.18. The van der Waals surface area contributed by atoms with Gasteiger partial charge in [-0.1, -0.05) is 0 Å². The Morgan fingerprint density at radius 1 is 1.33 bits per heavy atom. The van der Waals surface area contributed by atoms with Crippen LogP contribution < -0.4 is 5.73 Å². The van der Waals surface area contributed by atoms with E-state index in [0.29, 0.717) is 12.1 Å². The fraction of sp³-hybridized carbons (Fsp3) is 0.222. The third kappa shape index (κ3) is 2.27. The zero-order chi connectivity index (χ0) is 11.6. The van der Waals surface area contributed by atoms with Gasteiger partial charge in [0.1, 0.15) is 6.04 Å². The number of esters is 1. The maximum absolute atomic E-state index is 12.7. The monoisotopic (exact) mass is 219 g/mol. The van der Waals surface area contributed by atoms with Gasteiger partial charge in [0.05, 0.1) is 7.11 Å². The molecule has 0 aliphatic heterocycles. The molecule has 0 spiro atoms. The highest BCUT2D eigenvalue weighted by molar-refractivity contribution is 5.77. The van der Waals surface area contributed by atoms with Crippen LogP contribution in [0, 0.1) is 17.5 Å². The molecule has 0 fully saturated rings. The molecule has 0 aliphatic rings. The summed E-state index contributed by atoms with van der Waals surface area (Å²) in [5, 5.41) is 0. The number of rotatable bonds is 2. The van der Waals surface area contributed by atoms with Crippen molar-refractivity contribution >= 4 is 5.97 Å². The molecule has 0 amide bonds. The summed E-state index contributed by atoms with van der Waals surface area (Å²) in [5.41, 5.74) is 5.12. The summed E-state index contributed by atoms with van der Waals surface area (Å²) in [4.78, 5) is 10.9. The van der Waals surface area contributed by atoms with Gasteiger partial charge in [0.25, 0.3) is 0 Å². The van der Waals surface area contributed by atoms with Gasteiger partial charge in [-0.25, -0.2) is 13.2 Å². The number of hydrogen-bond acceptors (Lipinski definition) is 3. The van der Waals surface area contributed by atoms with Crippen LogP contribution in [0.1, 0.15) is 11.6 Å². The molecular formula is C9H8F3NO2. The van der Waals surface area contributed by atoms with Crippen molar-refractivity contribution in [3.8, 4) is 0 Å². The third-order valence-corrected chi connectivity index (χ3v) is 1.82. The molecule has 1 aromatic carbocycles. The topological polar surface area (TPSA) is 52.3 Å². The fourth-order valence-corrected chi connectivity index (χ4v) is 1.02. The molecule has 2 N–H and O–H groups in total. The molecule has 0 bridgehead atoms. The van der Waals surface area contributed by atoms with E-state index in [0.717, 1.165) is 7.11 Å². The third-order valence-electron chi connectivity index (χ3n) is 1.82. The van der Waals surface area contributed by atoms with Crippen LogP contribution in [0.25, 0.3) is 0 Å². The van der Waals surface area contributed by atoms with Crippen molar-refractivity contribution < 1.29 is 22.7 Å². The zero-order valence-electron chi connectivity index (χ0n) is 7.76. The summed E-state index contributed by atoms with van der Waals surface area (Å²) in [6.45, 7) is 0. The van der Waals surface area contributed by atoms with Crippen molar-refractivity contribution in [2.45, 2.75) is 6.04 Å². The molecule has 82 valence electrons. The van der Waals surface area contributed by atoms with Gasteiger partial charge in [0.2, 0.25) is 0 Å². The first-order chi connectivity index (χ1) is 6.97. The minimum Gasteiger partial charge on any atom is -0.468 e. The number of halogens is 3. The predicted molar refractivity (Wildman–Crippen MR) is 45.3 cm³/mol. The summed E-state index contributed by atoms with van der Waals surface area (Å²) < 4.78 is 42.3. The van der Waals surface area contributed by atoms with Gasteiger partial charge in [-0.05, 0) is 17.7 Å². The Morgan fingerprint density at radius 2 is 1.80 bits per heavy atom. The molecule has 0 heterocycles. The Kier molecular flexibility index (Phi) is 3.31. The Bertz CT molecular complexity index is 372. The van der Waals surface area contributed by atoms with E-state index in [2.05, 4.69) is 4.74 Å². The molecule has 0 saturated heterocycles. The Hall–Kier alpha value is -1.56. The molecule has 1 aromatic rings. The first-order valence-corrected chi connectivity index (χ1v) is 3.95. The van der Waals surface area contributed by atoms with Crippen LogP contribution in [0.15, 0.2) is 12.1 Å². The van der Waals surface area contributed by atoms with Gasteiger partial charge in [-0.15, -0.1) is 0 Å². The van der Waals surface area contributed by atoms with Crippen LogP contribution in [0.2, 0.25) is 0 Å². The minimum absolute atomic E-state index is 0.182.